The van der Waals surface area contributed by atoms with Gasteiger partial charge in [0.05, 0.1) is 0 Å². The van der Waals surface area contributed by atoms with Crippen LogP contribution < -0.4 is 11.5 Å². The summed E-state index contributed by atoms with van der Waals surface area (Å²) in [6.07, 6.45) is 0. The fourth-order valence-corrected chi connectivity index (χ4v) is 1.89. The molecule has 1 atom stereocenters. The molecule has 1 aromatic carbocycles. The number of hydrogen-bond donors (Lipinski definition) is 2. The van der Waals surface area contributed by atoms with Crippen LogP contribution in [0, 0.1) is 20.8 Å². The maximum Gasteiger partial charge on any atom is 0.0424 e. The van der Waals surface area contributed by atoms with Crippen LogP contribution in [0.4, 0.5) is 0 Å². The molecule has 0 amide bonds. The summed E-state index contributed by atoms with van der Waals surface area (Å²) >= 11 is 0. The van der Waals surface area contributed by atoms with Crippen molar-refractivity contribution in [2.24, 2.45) is 11.5 Å². The van der Waals surface area contributed by atoms with Crippen molar-refractivity contribution < 1.29 is 5.48 Å². The van der Waals surface area contributed by atoms with Crippen molar-refractivity contribution in [1.29, 1.82) is 0 Å². The van der Waals surface area contributed by atoms with E-state index in [9.17, 15) is 0 Å². The number of rotatable bonds is 2. The van der Waals surface area contributed by atoms with Gasteiger partial charge < -0.3 is 16.9 Å². The van der Waals surface area contributed by atoms with E-state index in [0.717, 1.165) is 0 Å². The van der Waals surface area contributed by atoms with Crippen LogP contribution in [0.3, 0.4) is 0 Å². The summed E-state index contributed by atoms with van der Waals surface area (Å²) in [6, 6.07) is 4.27. The number of benzene rings is 1. The van der Waals surface area contributed by atoms with E-state index in [2.05, 4.69) is 32.9 Å². The Morgan fingerprint density at radius 1 is 1.06 bits per heavy atom. The Morgan fingerprint density at radius 2 is 1.44 bits per heavy atom. The molecule has 1 rings (SSSR count). The molecule has 0 aliphatic rings. The van der Waals surface area contributed by atoms with E-state index in [1.807, 2.05) is 0 Å². The highest BCUT2D eigenvalue weighted by atomic mass is 35.5. The SMILES string of the molecule is Cc1cc(C)c(C(N)CN)c(C)c1.Cl.Cl.O. The van der Waals surface area contributed by atoms with Crippen molar-refractivity contribution in [3.8, 4) is 0 Å². The Balaban J connectivity index is -0.000000563. The van der Waals surface area contributed by atoms with E-state index in [1.54, 1.807) is 0 Å². The zero-order valence-corrected chi connectivity index (χ0v) is 11.5. The molecule has 0 aromatic heterocycles. The summed E-state index contributed by atoms with van der Waals surface area (Å²) in [5.41, 5.74) is 16.4. The van der Waals surface area contributed by atoms with E-state index in [1.165, 1.54) is 22.3 Å². The van der Waals surface area contributed by atoms with Crippen LogP contribution in [-0.2, 0) is 0 Å². The first-order valence-electron chi connectivity index (χ1n) is 4.59. The Hall–Kier alpha value is -0.320. The molecule has 0 fully saturated rings. The standard InChI is InChI=1S/C11H18N2.2ClH.H2O/c1-7-4-8(2)11(9(3)5-7)10(13)6-12;;;/h4-5,10H,6,12-13H2,1-3H3;2*1H;1H2. The molecule has 1 unspecified atom stereocenters. The molecule has 1 aromatic rings. The molecule has 16 heavy (non-hydrogen) atoms. The van der Waals surface area contributed by atoms with Crippen LogP contribution in [0.5, 0.6) is 0 Å². The Bertz CT molecular complexity index is 296. The van der Waals surface area contributed by atoms with Gasteiger partial charge in [0.25, 0.3) is 0 Å². The summed E-state index contributed by atoms with van der Waals surface area (Å²) in [5, 5.41) is 0. The van der Waals surface area contributed by atoms with Gasteiger partial charge in [0.2, 0.25) is 0 Å². The summed E-state index contributed by atoms with van der Waals surface area (Å²) in [6.45, 7) is 6.78. The molecule has 0 heterocycles. The van der Waals surface area contributed by atoms with Gasteiger partial charge in [-0.3, -0.25) is 0 Å². The van der Waals surface area contributed by atoms with Crippen LogP contribution in [0.15, 0.2) is 12.1 Å². The highest BCUT2D eigenvalue weighted by molar-refractivity contribution is 5.85. The lowest BCUT2D eigenvalue weighted by Gasteiger charge is -2.16. The van der Waals surface area contributed by atoms with Gasteiger partial charge >= 0.3 is 0 Å². The molecule has 0 spiro atoms. The average Bonchev–Trinajstić information content (AvgIpc) is 2.02. The first-order valence-corrected chi connectivity index (χ1v) is 4.59. The lowest BCUT2D eigenvalue weighted by atomic mass is 9.94. The van der Waals surface area contributed by atoms with Crippen molar-refractivity contribution in [3.63, 3.8) is 0 Å². The fraction of sp³-hybridized carbons (Fsp3) is 0.455. The topological polar surface area (TPSA) is 83.5 Å². The molecule has 0 saturated heterocycles. The second-order valence-electron chi connectivity index (χ2n) is 3.65. The van der Waals surface area contributed by atoms with Crippen LogP contribution in [0.2, 0.25) is 0 Å². The molecule has 96 valence electrons. The van der Waals surface area contributed by atoms with E-state index < -0.39 is 0 Å². The van der Waals surface area contributed by atoms with Gasteiger partial charge in [0.15, 0.2) is 0 Å². The van der Waals surface area contributed by atoms with Crippen molar-refractivity contribution in [1.82, 2.24) is 0 Å². The van der Waals surface area contributed by atoms with E-state index in [4.69, 9.17) is 11.5 Å². The van der Waals surface area contributed by atoms with Gasteiger partial charge in [0, 0.05) is 12.6 Å². The highest BCUT2D eigenvalue weighted by Crippen LogP contribution is 2.21. The molecular formula is C11H22Cl2N2O. The van der Waals surface area contributed by atoms with Gasteiger partial charge in [-0.25, -0.2) is 0 Å². The highest BCUT2D eigenvalue weighted by Gasteiger charge is 2.10. The smallest absolute Gasteiger partial charge is 0.0424 e. The van der Waals surface area contributed by atoms with E-state index in [0.29, 0.717) is 6.54 Å². The van der Waals surface area contributed by atoms with Crippen molar-refractivity contribution >= 4 is 24.8 Å². The lowest BCUT2D eigenvalue weighted by molar-refractivity contribution is 0.725. The van der Waals surface area contributed by atoms with Gasteiger partial charge in [-0.2, -0.15) is 0 Å². The zero-order chi connectivity index (χ0) is 10.0. The van der Waals surface area contributed by atoms with Crippen LogP contribution in [-0.4, -0.2) is 12.0 Å². The first-order chi connectivity index (χ1) is 6.06. The lowest BCUT2D eigenvalue weighted by Crippen LogP contribution is -2.22. The maximum atomic E-state index is 5.92. The molecule has 0 bridgehead atoms. The van der Waals surface area contributed by atoms with Crippen molar-refractivity contribution in [2.45, 2.75) is 26.8 Å². The summed E-state index contributed by atoms with van der Waals surface area (Å²) in [5.74, 6) is 0. The summed E-state index contributed by atoms with van der Waals surface area (Å²) < 4.78 is 0. The van der Waals surface area contributed by atoms with Crippen LogP contribution >= 0.6 is 24.8 Å². The van der Waals surface area contributed by atoms with E-state index in [-0.39, 0.29) is 36.3 Å². The molecular weight excluding hydrogens is 247 g/mol. The quantitative estimate of drug-likeness (QED) is 0.854. The predicted octanol–water partition coefficient (Wildman–Crippen LogP) is 1.59. The second-order valence-corrected chi connectivity index (χ2v) is 3.65. The predicted molar refractivity (Wildman–Crippen MR) is 74.7 cm³/mol. The maximum absolute atomic E-state index is 5.92. The van der Waals surface area contributed by atoms with Crippen molar-refractivity contribution in [3.05, 3.63) is 34.4 Å². The normalized spacial score (nSPS) is 10.6. The second kappa shape index (κ2) is 8.79. The summed E-state index contributed by atoms with van der Waals surface area (Å²) in [4.78, 5) is 0. The molecule has 0 aliphatic heterocycles. The number of hydrogen-bond acceptors (Lipinski definition) is 2. The molecule has 6 N–H and O–H groups in total. The van der Waals surface area contributed by atoms with Gasteiger partial charge in [0.1, 0.15) is 0 Å². The Kier molecular flexibility index (Phi) is 11.5. The van der Waals surface area contributed by atoms with E-state index >= 15 is 0 Å². The van der Waals surface area contributed by atoms with Crippen molar-refractivity contribution in [2.75, 3.05) is 6.54 Å². The molecule has 3 nitrogen and oxygen atoms in total. The third-order valence-electron chi connectivity index (χ3n) is 2.36. The first kappa shape index (κ1) is 21.0. The van der Waals surface area contributed by atoms with Crippen LogP contribution in [0.1, 0.15) is 28.3 Å². The fourth-order valence-electron chi connectivity index (χ4n) is 1.89. The zero-order valence-electron chi connectivity index (χ0n) is 9.91. The monoisotopic (exact) mass is 268 g/mol. The Morgan fingerprint density at radius 3 is 1.75 bits per heavy atom. The minimum Gasteiger partial charge on any atom is -0.412 e. The van der Waals surface area contributed by atoms with Crippen LogP contribution in [0.25, 0.3) is 0 Å². The largest absolute Gasteiger partial charge is 0.412 e. The molecule has 0 aliphatic carbocycles. The van der Waals surface area contributed by atoms with Gasteiger partial charge in [-0.15, -0.1) is 24.8 Å². The minimum atomic E-state index is -0.0272. The Labute approximate surface area is 110 Å². The number of halogens is 2. The number of aryl methyl sites for hydroxylation is 3. The minimum absolute atomic E-state index is 0. The molecule has 0 radical (unpaired) electrons. The van der Waals surface area contributed by atoms with Gasteiger partial charge in [-0.1, -0.05) is 17.7 Å². The molecule has 5 heteroatoms. The molecule has 0 saturated carbocycles. The van der Waals surface area contributed by atoms with Gasteiger partial charge in [-0.05, 0) is 37.5 Å². The number of nitrogens with two attached hydrogens (primary N) is 2. The summed E-state index contributed by atoms with van der Waals surface area (Å²) in [7, 11) is 0. The third kappa shape index (κ3) is 4.68. The third-order valence-corrected chi connectivity index (χ3v) is 2.36. The average molecular weight is 269 g/mol.